The third-order valence-electron chi connectivity index (χ3n) is 8.17. The Labute approximate surface area is 233 Å². The van der Waals surface area contributed by atoms with Crippen LogP contribution in [0, 0.1) is 0 Å². The van der Waals surface area contributed by atoms with Gasteiger partial charge in [-0.25, -0.2) is 0 Å². The van der Waals surface area contributed by atoms with Gasteiger partial charge in [0.1, 0.15) is 5.60 Å². The van der Waals surface area contributed by atoms with Gasteiger partial charge in [0, 0.05) is 12.7 Å². The van der Waals surface area contributed by atoms with Crippen molar-refractivity contribution in [1.29, 1.82) is 0 Å². The first-order valence-corrected chi connectivity index (χ1v) is 17.6. The van der Waals surface area contributed by atoms with Crippen molar-refractivity contribution in [3.05, 3.63) is 108 Å². The summed E-state index contributed by atoms with van der Waals surface area (Å²) in [6.07, 6.45) is 8.89. The summed E-state index contributed by atoms with van der Waals surface area (Å²) < 4.78 is 13.4. The van der Waals surface area contributed by atoms with Crippen molar-refractivity contribution in [2.45, 2.75) is 102 Å². The molecule has 1 atom stereocenters. The molecule has 3 rings (SSSR count). The van der Waals surface area contributed by atoms with Crippen LogP contribution in [0.15, 0.2) is 91.0 Å². The number of hydrogen-bond donors (Lipinski definition) is 0. The van der Waals surface area contributed by atoms with Gasteiger partial charge in [0.05, 0.1) is 0 Å². The molecule has 0 aliphatic heterocycles. The van der Waals surface area contributed by atoms with E-state index in [0.717, 1.165) is 13.0 Å². The normalized spacial score (nSPS) is 13.4. The smallest absolute Gasteiger partial charge is 0.192 e. The Kier molecular flexibility index (Phi) is 11.4. The standard InChI is InChI=1S/C35H50O2Si/c1-30(37-38(5,6)34(2,3)4)22-14-9-7-8-10-21-29-36-35(31-23-15-11-16-24-31,32-25-17-12-18-26-32)33-27-19-13-20-28-33/h11-13,15-20,23-28,30H,7-10,14,21-22,29H2,1-6H3/t30-/m1/s1. The molecule has 3 heteroatoms. The monoisotopic (exact) mass is 530 g/mol. The SMILES string of the molecule is C[C@H](CCCCCCCCOC(c1ccccc1)(c1ccccc1)c1ccccc1)O[Si](C)(C)C(C)(C)C. The molecule has 0 saturated carbocycles. The zero-order chi connectivity index (χ0) is 27.5. The third-order valence-corrected chi connectivity index (χ3v) is 12.8. The Bertz CT molecular complexity index is 945. The van der Waals surface area contributed by atoms with Crippen molar-refractivity contribution in [3.8, 4) is 0 Å². The first-order valence-electron chi connectivity index (χ1n) is 14.7. The van der Waals surface area contributed by atoms with E-state index < -0.39 is 13.9 Å². The van der Waals surface area contributed by atoms with Gasteiger partial charge in [-0.1, -0.05) is 144 Å². The molecule has 3 aromatic carbocycles. The molecule has 0 heterocycles. The van der Waals surface area contributed by atoms with Gasteiger partial charge in [-0.2, -0.15) is 0 Å². The Balaban J connectivity index is 1.51. The lowest BCUT2D eigenvalue weighted by molar-refractivity contribution is 0.0106. The summed E-state index contributed by atoms with van der Waals surface area (Å²) in [4.78, 5) is 0. The van der Waals surface area contributed by atoms with Crippen LogP contribution in [0.4, 0.5) is 0 Å². The van der Waals surface area contributed by atoms with Crippen LogP contribution in [-0.4, -0.2) is 21.0 Å². The van der Waals surface area contributed by atoms with E-state index in [1.54, 1.807) is 0 Å². The fraction of sp³-hybridized carbons (Fsp3) is 0.486. The number of hydrogen-bond acceptors (Lipinski definition) is 2. The highest BCUT2D eigenvalue weighted by molar-refractivity contribution is 6.74. The topological polar surface area (TPSA) is 18.5 Å². The average Bonchev–Trinajstić information content (AvgIpc) is 2.90. The van der Waals surface area contributed by atoms with E-state index in [9.17, 15) is 0 Å². The molecule has 0 aromatic heterocycles. The van der Waals surface area contributed by atoms with Crippen LogP contribution < -0.4 is 0 Å². The van der Waals surface area contributed by atoms with Crippen LogP contribution in [0.2, 0.25) is 18.1 Å². The molecule has 0 unspecified atom stereocenters. The molecule has 0 amide bonds. The zero-order valence-corrected chi connectivity index (χ0v) is 25.7. The molecule has 0 aliphatic carbocycles. The highest BCUT2D eigenvalue weighted by Crippen LogP contribution is 2.41. The minimum Gasteiger partial charge on any atom is -0.414 e. The fourth-order valence-electron chi connectivity index (χ4n) is 4.97. The van der Waals surface area contributed by atoms with E-state index in [2.05, 4.69) is 132 Å². The maximum atomic E-state index is 6.91. The molecule has 2 nitrogen and oxygen atoms in total. The Morgan fingerprint density at radius 2 is 1.00 bits per heavy atom. The van der Waals surface area contributed by atoms with E-state index in [4.69, 9.17) is 9.16 Å². The van der Waals surface area contributed by atoms with Gasteiger partial charge in [0.2, 0.25) is 0 Å². The van der Waals surface area contributed by atoms with Gasteiger partial charge in [0.15, 0.2) is 8.32 Å². The lowest BCUT2D eigenvalue weighted by atomic mass is 9.80. The Morgan fingerprint density at radius 3 is 1.42 bits per heavy atom. The number of unbranched alkanes of at least 4 members (excludes halogenated alkanes) is 5. The van der Waals surface area contributed by atoms with Crippen LogP contribution in [0.3, 0.4) is 0 Å². The summed E-state index contributed by atoms with van der Waals surface area (Å²) in [5.41, 5.74) is 2.91. The molecule has 0 fully saturated rings. The van der Waals surface area contributed by atoms with Crippen LogP contribution >= 0.6 is 0 Å². The lowest BCUT2D eigenvalue weighted by Crippen LogP contribution is -2.43. The van der Waals surface area contributed by atoms with Crippen molar-refractivity contribution in [2.24, 2.45) is 0 Å². The fourth-order valence-corrected chi connectivity index (χ4v) is 6.45. The van der Waals surface area contributed by atoms with Crippen LogP contribution in [0.1, 0.15) is 89.3 Å². The van der Waals surface area contributed by atoms with Crippen molar-refractivity contribution in [2.75, 3.05) is 6.61 Å². The summed E-state index contributed by atoms with van der Waals surface area (Å²) in [6.45, 7) is 14.7. The molecular formula is C35H50O2Si. The maximum Gasteiger partial charge on any atom is 0.192 e. The number of benzene rings is 3. The van der Waals surface area contributed by atoms with E-state index >= 15 is 0 Å². The second kappa shape index (κ2) is 14.3. The molecule has 0 N–H and O–H groups in total. The van der Waals surface area contributed by atoms with E-state index in [0.29, 0.717) is 6.10 Å². The summed E-state index contributed by atoms with van der Waals surface area (Å²) in [7, 11) is -1.66. The van der Waals surface area contributed by atoms with Crippen LogP contribution in [0.25, 0.3) is 0 Å². The summed E-state index contributed by atoms with van der Waals surface area (Å²) in [6, 6.07) is 32.0. The van der Waals surface area contributed by atoms with Crippen molar-refractivity contribution >= 4 is 8.32 Å². The minimum atomic E-state index is -1.66. The molecule has 3 aromatic rings. The quantitative estimate of drug-likeness (QED) is 0.110. The second-order valence-corrected chi connectivity index (χ2v) is 17.0. The van der Waals surface area contributed by atoms with Crippen LogP contribution in [0.5, 0.6) is 0 Å². The van der Waals surface area contributed by atoms with Gasteiger partial charge < -0.3 is 9.16 Å². The molecular weight excluding hydrogens is 480 g/mol. The van der Waals surface area contributed by atoms with E-state index in [1.807, 2.05) is 0 Å². The Hall–Kier alpha value is -2.20. The van der Waals surface area contributed by atoms with Crippen molar-refractivity contribution in [1.82, 2.24) is 0 Å². The highest BCUT2D eigenvalue weighted by atomic mass is 28.4. The second-order valence-electron chi connectivity index (χ2n) is 12.2. The molecule has 38 heavy (non-hydrogen) atoms. The summed E-state index contributed by atoms with van der Waals surface area (Å²) in [5.74, 6) is 0. The van der Waals surface area contributed by atoms with Gasteiger partial charge in [-0.05, 0) is 54.6 Å². The number of ether oxygens (including phenoxy) is 1. The molecule has 206 valence electrons. The summed E-state index contributed by atoms with van der Waals surface area (Å²) in [5, 5.41) is 0.280. The summed E-state index contributed by atoms with van der Waals surface area (Å²) >= 11 is 0. The molecule has 0 bridgehead atoms. The lowest BCUT2D eigenvalue weighted by Gasteiger charge is -2.38. The van der Waals surface area contributed by atoms with Gasteiger partial charge in [0.25, 0.3) is 0 Å². The molecule has 0 aliphatic rings. The first-order chi connectivity index (χ1) is 18.2. The minimum absolute atomic E-state index is 0.280. The van der Waals surface area contributed by atoms with Gasteiger partial charge in [-0.15, -0.1) is 0 Å². The predicted molar refractivity (Wildman–Crippen MR) is 165 cm³/mol. The average molecular weight is 531 g/mol. The van der Waals surface area contributed by atoms with E-state index in [1.165, 1.54) is 55.2 Å². The predicted octanol–water partition coefficient (Wildman–Crippen LogP) is 10.1. The molecule has 0 saturated heterocycles. The van der Waals surface area contributed by atoms with Crippen LogP contribution in [-0.2, 0) is 14.8 Å². The van der Waals surface area contributed by atoms with Gasteiger partial charge in [-0.3, -0.25) is 0 Å². The zero-order valence-electron chi connectivity index (χ0n) is 24.7. The largest absolute Gasteiger partial charge is 0.414 e. The van der Waals surface area contributed by atoms with Crippen molar-refractivity contribution in [3.63, 3.8) is 0 Å². The first kappa shape index (κ1) is 30.3. The highest BCUT2D eigenvalue weighted by Gasteiger charge is 2.38. The van der Waals surface area contributed by atoms with Crippen molar-refractivity contribution < 1.29 is 9.16 Å². The number of rotatable bonds is 15. The molecule has 0 radical (unpaired) electrons. The maximum absolute atomic E-state index is 6.91. The Morgan fingerprint density at radius 1 is 0.605 bits per heavy atom. The van der Waals surface area contributed by atoms with Gasteiger partial charge >= 0.3 is 0 Å². The third kappa shape index (κ3) is 8.15. The van der Waals surface area contributed by atoms with E-state index in [-0.39, 0.29) is 5.04 Å². The molecule has 0 spiro atoms.